The third kappa shape index (κ3) is 4.96. The van der Waals surface area contributed by atoms with E-state index in [1.54, 1.807) is 12.1 Å². The number of nitrogens with zero attached hydrogens (tertiary/aromatic N) is 1. The molecule has 5 aromatic rings. The van der Waals surface area contributed by atoms with Crippen LogP contribution in [-0.4, -0.2) is 47.2 Å². The zero-order valence-corrected chi connectivity index (χ0v) is 23.3. The molecule has 0 amide bonds. The quantitative estimate of drug-likeness (QED) is 0.172. The highest BCUT2D eigenvalue weighted by Gasteiger charge is 2.38. The smallest absolute Gasteiger partial charge is 0.303 e. The second-order valence-corrected chi connectivity index (χ2v) is 11.5. The number of aromatic nitrogens is 3. The number of para-hydroxylation sites is 1. The zero-order chi connectivity index (χ0) is 36.4. The van der Waals surface area contributed by atoms with Crippen LogP contribution in [0.3, 0.4) is 0 Å². The van der Waals surface area contributed by atoms with Crippen molar-refractivity contribution in [2.45, 2.75) is 36.4 Å². The number of halogens is 3. The second-order valence-electron chi connectivity index (χ2n) is 10.1. The number of hydrogen-bond acceptors (Lipinski definition) is 6. The molecule has 1 aliphatic heterocycles. The van der Waals surface area contributed by atoms with Crippen LogP contribution in [0.5, 0.6) is 17.2 Å². The van der Waals surface area contributed by atoms with Crippen molar-refractivity contribution in [2.24, 2.45) is 0 Å². The van der Waals surface area contributed by atoms with Crippen LogP contribution in [0.2, 0.25) is 0 Å². The van der Waals surface area contributed by atoms with Crippen molar-refractivity contribution in [3.8, 4) is 28.6 Å². The van der Waals surface area contributed by atoms with Crippen LogP contribution in [0.15, 0.2) is 59.8 Å². The molecule has 0 saturated heterocycles. The minimum absolute atomic E-state index is 0.0322. The molecule has 44 heavy (non-hydrogen) atoms. The summed E-state index contributed by atoms with van der Waals surface area (Å²) in [5.41, 5.74) is -2.08. The number of H-pyrrole nitrogens is 2. The Labute approximate surface area is 258 Å². The number of fused-ring (bicyclic) bond motifs is 2. The fraction of sp³-hybridized carbons (Fsp3) is 0.226. The molecule has 228 valence electrons. The molecule has 6 rings (SSSR count). The number of rotatable bonds is 8. The first kappa shape index (κ1) is 22.7. The number of aliphatic carboxylic acids is 1. The Morgan fingerprint density at radius 3 is 2.80 bits per heavy atom. The average Bonchev–Trinajstić information content (AvgIpc) is 3.73. The molecule has 0 fully saturated rings. The molecule has 0 spiro atoms. The van der Waals surface area contributed by atoms with E-state index in [0.29, 0.717) is 5.56 Å². The Morgan fingerprint density at radius 2 is 2.02 bits per heavy atom. The number of hydrogen-bond donors (Lipinski definition) is 3. The number of carboxylic acids is 1. The summed E-state index contributed by atoms with van der Waals surface area (Å²) in [5.74, 6) is -7.09. The van der Waals surface area contributed by atoms with Crippen LogP contribution in [0, 0.1) is 17.5 Å². The van der Waals surface area contributed by atoms with Crippen molar-refractivity contribution in [3.05, 3.63) is 89.1 Å². The monoisotopic (exact) mass is 631 g/mol. The lowest BCUT2D eigenvalue weighted by atomic mass is 9.74. The van der Waals surface area contributed by atoms with Crippen molar-refractivity contribution >= 4 is 26.7 Å². The Hall–Kier alpha value is -4.78. The summed E-state index contributed by atoms with van der Waals surface area (Å²) in [6.45, 7) is -2.81. The Kier molecular flexibility index (Phi) is 5.54. The Bertz CT molecular complexity index is 2270. The first-order valence-corrected chi connectivity index (χ1v) is 14.6. The fourth-order valence-electron chi connectivity index (χ4n) is 5.31. The molecule has 1 atom stereocenters. The molecule has 1 aliphatic rings. The van der Waals surface area contributed by atoms with E-state index in [9.17, 15) is 18.3 Å². The Balaban J connectivity index is 1.45. The number of nitrogens with one attached hydrogen (secondary N) is 2. The third-order valence-corrected chi connectivity index (χ3v) is 8.34. The summed E-state index contributed by atoms with van der Waals surface area (Å²) >= 11 is 0. The normalized spacial score (nSPS) is 19.1. The highest BCUT2D eigenvalue weighted by molar-refractivity contribution is 7.91. The number of aromatic amines is 2. The predicted octanol–water partition coefficient (Wildman–Crippen LogP) is 6.28. The van der Waals surface area contributed by atoms with Gasteiger partial charge in [-0.25, -0.2) is 22.2 Å². The van der Waals surface area contributed by atoms with Crippen molar-refractivity contribution < 1.29 is 49.2 Å². The minimum Gasteiger partial charge on any atom is -0.493 e. The molecule has 9 nitrogen and oxygen atoms in total. The van der Waals surface area contributed by atoms with Crippen molar-refractivity contribution in [3.63, 3.8) is 0 Å². The van der Waals surface area contributed by atoms with Crippen LogP contribution in [0.4, 0.5) is 13.2 Å². The van der Waals surface area contributed by atoms with E-state index in [1.807, 2.05) is 0 Å². The lowest BCUT2D eigenvalue weighted by molar-refractivity contribution is -0.136. The van der Waals surface area contributed by atoms with Gasteiger partial charge >= 0.3 is 5.97 Å². The molecule has 13 heteroatoms. The molecule has 0 bridgehead atoms. The van der Waals surface area contributed by atoms with E-state index in [2.05, 4.69) is 15.0 Å². The van der Waals surface area contributed by atoms with Crippen molar-refractivity contribution in [1.82, 2.24) is 15.0 Å². The van der Waals surface area contributed by atoms with Gasteiger partial charge in [-0.2, -0.15) is 4.39 Å². The maximum atomic E-state index is 15.4. The second kappa shape index (κ2) is 10.7. The molecular weight excluding hydrogens is 599 g/mol. The third-order valence-electron chi connectivity index (χ3n) is 7.39. The van der Waals surface area contributed by atoms with Gasteiger partial charge < -0.3 is 24.5 Å². The average molecular weight is 632 g/mol. The van der Waals surface area contributed by atoms with Gasteiger partial charge in [-0.05, 0) is 49.5 Å². The first-order valence-electron chi connectivity index (χ1n) is 16.1. The summed E-state index contributed by atoms with van der Waals surface area (Å²) in [6.07, 6.45) is -1.59. The summed E-state index contributed by atoms with van der Waals surface area (Å²) < 4.78 is 132. The molecular formula is C31H26F3N3O6S. The number of carbonyl (C=O) groups is 1. The van der Waals surface area contributed by atoms with E-state index in [-0.39, 0.29) is 54.3 Å². The molecule has 0 aliphatic carbocycles. The minimum atomic E-state index is -5.34. The van der Waals surface area contributed by atoms with E-state index in [1.165, 1.54) is 12.3 Å². The van der Waals surface area contributed by atoms with Gasteiger partial charge in [0.2, 0.25) is 5.82 Å². The van der Waals surface area contributed by atoms with Gasteiger partial charge in [0, 0.05) is 49.6 Å². The predicted molar refractivity (Wildman–Crippen MR) is 154 cm³/mol. The molecule has 0 saturated carbocycles. The number of imidazole rings is 1. The summed E-state index contributed by atoms with van der Waals surface area (Å²) in [7, 11) is -5.34. The van der Waals surface area contributed by atoms with Crippen molar-refractivity contribution in [1.29, 1.82) is 0 Å². The van der Waals surface area contributed by atoms with E-state index in [4.69, 9.17) is 17.7 Å². The summed E-state index contributed by atoms with van der Waals surface area (Å²) in [6, 6.07) is 8.56. The van der Waals surface area contributed by atoms with E-state index < -0.39 is 79.0 Å². The zero-order valence-electron chi connectivity index (χ0n) is 28.5. The maximum absolute atomic E-state index is 15.4. The van der Waals surface area contributed by atoms with E-state index in [0.717, 1.165) is 30.5 Å². The van der Waals surface area contributed by atoms with Gasteiger partial charge in [0.05, 0.1) is 23.4 Å². The molecule has 3 heterocycles. The lowest BCUT2D eigenvalue weighted by Gasteiger charge is -2.35. The number of aryl methyl sites for hydroxylation is 1. The van der Waals surface area contributed by atoms with Crippen LogP contribution in [0.1, 0.15) is 44.7 Å². The molecule has 3 aromatic carbocycles. The lowest BCUT2D eigenvalue weighted by Crippen LogP contribution is -2.32. The fourth-order valence-corrected chi connectivity index (χ4v) is 6.15. The first-order chi connectivity index (χ1) is 23.4. The SMILES string of the molecule is [2H]C([2H])([2H])[C@@]1(c2c[nH]c(-c3cc(Oc4c(F)c(F)c5[nH]ccc5c4S(=O)(=O)C([2H])([2H])[2H])ccc3F)n2)CCOc2c(CCC(=O)O)cccc21. The summed E-state index contributed by atoms with van der Waals surface area (Å²) in [5, 5.41) is 8.70. The van der Waals surface area contributed by atoms with E-state index >= 15 is 13.2 Å². The number of sulfone groups is 1. The topological polar surface area (TPSA) is 134 Å². The van der Waals surface area contributed by atoms with Gasteiger partial charge in [-0.1, -0.05) is 18.2 Å². The van der Waals surface area contributed by atoms with Gasteiger partial charge in [-0.15, -0.1) is 0 Å². The standard InChI is InChI=1S/C31H26F3N3O6S/c1-31(11-13-42-27-16(6-9-23(38)39)4-3-5-20(27)31)22-15-36-30(37-22)19-14-17(7-8-21(19)32)43-28-25(34)24(33)26-18(10-12-35-26)29(28)44(2,40)41/h3-5,7-8,10,12,14-15,35H,6,9,11,13H2,1-2H3,(H,36,37)(H,38,39)/t31-/m1/s1/i1D3,2D3. The highest BCUT2D eigenvalue weighted by atomic mass is 32.2. The molecule has 0 unspecified atom stereocenters. The van der Waals surface area contributed by atoms with Gasteiger partial charge in [0.25, 0.3) is 0 Å². The number of carboxylic acid groups (broad SMARTS) is 1. The highest BCUT2D eigenvalue weighted by Crippen LogP contribution is 2.45. The van der Waals surface area contributed by atoms with Gasteiger partial charge in [0.15, 0.2) is 21.4 Å². The maximum Gasteiger partial charge on any atom is 0.303 e. The van der Waals surface area contributed by atoms with Crippen LogP contribution in [-0.2, 0) is 26.5 Å². The Morgan fingerprint density at radius 1 is 1.18 bits per heavy atom. The summed E-state index contributed by atoms with van der Waals surface area (Å²) in [4.78, 5) is 19.6. The molecule has 3 N–H and O–H groups in total. The van der Waals surface area contributed by atoms with Gasteiger partial charge in [-0.3, -0.25) is 4.79 Å². The number of ether oxygens (including phenoxy) is 2. The molecule has 2 aromatic heterocycles. The largest absolute Gasteiger partial charge is 0.493 e. The van der Waals surface area contributed by atoms with Crippen molar-refractivity contribution in [2.75, 3.05) is 12.8 Å². The van der Waals surface area contributed by atoms with Crippen LogP contribution < -0.4 is 9.47 Å². The van der Waals surface area contributed by atoms with Crippen LogP contribution in [0.25, 0.3) is 22.3 Å². The van der Waals surface area contributed by atoms with Crippen LogP contribution >= 0.6 is 0 Å². The van der Waals surface area contributed by atoms with Gasteiger partial charge in [0.1, 0.15) is 28.0 Å². The molecule has 0 radical (unpaired) electrons. The number of benzene rings is 3.